The molecule has 5 heteroatoms. The van der Waals surface area contributed by atoms with Crippen LogP contribution in [0.2, 0.25) is 0 Å². The molecular formula is C13H22N2O3. The highest BCUT2D eigenvalue weighted by Gasteiger charge is 2.44. The van der Waals surface area contributed by atoms with E-state index in [0.29, 0.717) is 13.0 Å². The molecule has 0 bridgehead atoms. The van der Waals surface area contributed by atoms with Gasteiger partial charge in [-0.1, -0.05) is 0 Å². The quantitative estimate of drug-likeness (QED) is 0.726. The van der Waals surface area contributed by atoms with Crippen molar-refractivity contribution in [2.75, 3.05) is 33.9 Å². The zero-order chi connectivity index (χ0) is 13.2. The fourth-order valence-electron chi connectivity index (χ4n) is 3.19. The maximum atomic E-state index is 11.9. The molecule has 5 nitrogen and oxygen atoms in total. The van der Waals surface area contributed by atoms with Crippen molar-refractivity contribution in [2.24, 2.45) is 0 Å². The Morgan fingerprint density at radius 1 is 1.39 bits per heavy atom. The van der Waals surface area contributed by atoms with E-state index in [2.05, 4.69) is 0 Å². The van der Waals surface area contributed by atoms with Crippen LogP contribution in [-0.2, 0) is 14.3 Å². The molecule has 102 valence electrons. The molecule has 2 rings (SSSR count). The summed E-state index contributed by atoms with van der Waals surface area (Å²) in [6.45, 7) is 1.58. The summed E-state index contributed by atoms with van der Waals surface area (Å²) in [7, 11) is 3.42. The molecule has 2 aliphatic rings. The molecule has 2 amide bonds. The molecular weight excluding hydrogens is 232 g/mol. The topological polar surface area (TPSA) is 49.9 Å². The van der Waals surface area contributed by atoms with Crippen LogP contribution in [0.4, 0.5) is 0 Å². The smallest absolute Gasteiger partial charge is 0.248 e. The van der Waals surface area contributed by atoms with Crippen LogP contribution >= 0.6 is 0 Å². The number of rotatable bonds is 2. The van der Waals surface area contributed by atoms with Gasteiger partial charge in [0.1, 0.15) is 6.61 Å². The lowest BCUT2D eigenvalue weighted by Gasteiger charge is -2.50. The van der Waals surface area contributed by atoms with Crippen LogP contribution < -0.4 is 0 Å². The molecule has 0 N–H and O–H groups in total. The van der Waals surface area contributed by atoms with Crippen LogP contribution in [0.15, 0.2) is 0 Å². The van der Waals surface area contributed by atoms with E-state index in [-0.39, 0.29) is 24.0 Å². The standard InChI is InChI=1S/C13H22N2O3/c1-14-11(16)5-3-6-13(14)7-4-8-15(10-13)12(17)9-18-2/h3-10H2,1-2H3. The van der Waals surface area contributed by atoms with Gasteiger partial charge in [-0.05, 0) is 25.7 Å². The first kappa shape index (κ1) is 13.3. The maximum Gasteiger partial charge on any atom is 0.248 e. The molecule has 2 aliphatic heterocycles. The summed E-state index contributed by atoms with van der Waals surface area (Å²) in [5.74, 6) is 0.241. The molecule has 1 unspecified atom stereocenters. The van der Waals surface area contributed by atoms with Crippen LogP contribution in [0.5, 0.6) is 0 Å². The number of hydrogen-bond acceptors (Lipinski definition) is 3. The Bertz CT molecular complexity index is 341. The number of likely N-dealkylation sites (N-methyl/N-ethyl adjacent to an activating group) is 1. The molecule has 0 aliphatic carbocycles. The average molecular weight is 254 g/mol. The third-order valence-electron chi connectivity index (χ3n) is 4.29. The molecule has 2 saturated heterocycles. The third kappa shape index (κ3) is 2.36. The van der Waals surface area contributed by atoms with E-state index in [1.807, 2.05) is 16.8 Å². The highest BCUT2D eigenvalue weighted by Crippen LogP contribution is 2.35. The van der Waals surface area contributed by atoms with E-state index < -0.39 is 0 Å². The number of amides is 2. The summed E-state index contributed by atoms with van der Waals surface area (Å²) in [5.41, 5.74) is -0.128. The molecule has 0 aromatic rings. The number of ether oxygens (including phenoxy) is 1. The van der Waals surface area contributed by atoms with Gasteiger partial charge in [-0.2, -0.15) is 0 Å². The number of nitrogens with zero attached hydrogens (tertiary/aromatic N) is 2. The number of methoxy groups -OCH3 is 1. The lowest BCUT2D eigenvalue weighted by molar-refractivity contribution is -0.149. The van der Waals surface area contributed by atoms with Gasteiger partial charge in [0, 0.05) is 33.7 Å². The lowest BCUT2D eigenvalue weighted by atomic mass is 9.80. The van der Waals surface area contributed by atoms with E-state index in [4.69, 9.17) is 4.74 Å². The minimum Gasteiger partial charge on any atom is -0.375 e. The Morgan fingerprint density at radius 2 is 2.11 bits per heavy atom. The van der Waals surface area contributed by atoms with Gasteiger partial charge in [0.05, 0.1) is 5.54 Å². The van der Waals surface area contributed by atoms with Gasteiger partial charge in [0.25, 0.3) is 0 Å². The largest absolute Gasteiger partial charge is 0.375 e. The van der Waals surface area contributed by atoms with Crippen molar-refractivity contribution in [3.8, 4) is 0 Å². The first-order valence-corrected chi connectivity index (χ1v) is 6.62. The predicted molar refractivity (Wildman–Crippen MR) is 67.0 cm³/mol. The first-order valence-electron chi connectivity index (χ1n) is 6.62. The maximum absolute atomic E-state index is 11.9. The Kier molecular flexibility index (Phi) is 3.90. The van der Waals surface area contributed by atoms with Crippen molar-refractivity contribution in [1.29, 1.82) is 0 Å². The van der Waals surface area contributed by atoms with Crippen molar-refractivity contribution in [3.05, 3.63) is 0 Å². The van der Waals surface area contributed by atoms with Crippen molar-refractivity contribution >= 4 is 11.8 Å². The zero-order valence-electron chi connectivity index (χ0n) is 11.3. The summed E-state index contributed by atoms with van der Waals surface area (Å²) in [6, 6.07) is 0. The number of carbonyl (C=O) groups is 2. The molecule has 2 fully saturated rings. The van der Waals surface area contributed by atoms with Gasteiger partial charge in [-0.25, -0.2) is 0 Å². The predicted octanol–water partition coefficient (Wildman–Crippen LogP) is 0.636. The van der Waals surface area contributed by atoms with Gasteiger partial charge >= 0.3 is 0 Å². The number of hydrogen-bond donors (Lipinski definition) is 0. The molecule has 18 heavy (non-hydrogen) atoms. The summed E-state index contributed by atoms with van der Waals surface area (Å²) >= 11 is 0. The molecule has 0 aromatic carbocycles. The Hall–Kier alpha value is -1.10. The second-order valence-electron chi connectivity index (χ2n) is 5.38. The van der Waals surface area contributed by atoms with E-state index in [9.17, 15) is 9.59 Å². The SMILES string of the molecule is COCC(=O)N1CCCC2(CCCC(=O)N2C)C1. The Labute approximate surface area is 108 Å². The van der Waals surface area contributed by atoms with Crippen molar-refractivity contribution in [3.63, 3.8) is 0 Å². The van der Waals surface area contributed by atoms with Crippen LogP contribution in [0.25, 0.3) is 0 Å². The zero-order valence-corrected chi connectivity index (χ0v) is 11.3. The number of piperidine rings is 2. The van der Waals surface area contributed by atoms with Gasteiger partial charge in [-0.15, -0.1) is 0 Å². The van der Waals surface area contributed by atoms with Crippen molar-refractivity contribution < 1.29 is 14.3 Å². The van der Waals surface area contributed by atoms with Crippen molar-refractivity contribution in [1.82, 2.24) is 9.80 Å². The summed E-state index contributed by atoms with van der Waals surface area (Å²) in [4.78, 5) is 27.5. The molecule has 0 saturated carbocycles. The molecule has 1 spiro atoms. The van der Waals surface area contributed by atoms with Gasteiger partial charge in [0.2, 0.25) is 11.8 Å². The normalized spacial score (nSPS) is 28.9. The van der Waals surface area contributed by atoms with Crippen molar-refractivity contribution in [2.45, 2.75) is 37.6 Å². The second-order valence-corrected chi connectivity index (χ2v) is 5.38. The van der Waals surface area contributed by atoms with Crippen LogP contribution in [0.3, 0.4) is 0 Å². The Morgan fingerprint density at radius 3 is 2.83 bits per heavy atom. The van der Waals surface area contributed by atoms with E-state index >= 15 is 0 Å². The summed E-state index contributed by atoms with van der Waals surface area (Å²) in [5, 5.41) is 0. The van der Waals surface area contributed by atoms with Gasteiger partial charge < -0.3 is 14.5 Å². The Balaban J connectivity index is 2.09. The summed E-state index contributed by atoms with van der Waals surface area (Å²) < 4.78 is 4.91. The second kappa shape index (κ2) is 5.26. The monoisotopic (exact) mass is 254 g/mol. The molecule has 1 atom stereocenters. The fraction of sp³-hybridized carbons (Fsp3) is 0.846. The average Bonchev–Trinajstić information content (AvgIpc) is 2.37. The van der Waals surface area contributed by atoms with Crippen LogP contribution in [-0.4, -0.2) is 61.0 Å². The molecule has 2 heterocycles. The van der Waals surface area contributed by atoms with E-state index in [1.54, 1.807) is 0 Å². The first-order chi connectivity index (χ1) is 8.59. The molecule has 0 aromatic heterocycles. The highest BCUT2D eigenvalue weighted by molar-refractivity contribution is 5.79. The van der Waals surface area contributed by atoms with Crippen LogP contribution in [0.1, 0.15) is 32.1 Å². The summed E-state index contributed by atoms with van der Waals surface area (Å²) in [6.07, 6.45) is 4.56. The van der Waals surface area contributed by atoms with E-state index in [0.717, 1.165) is 32.2 Å². The molecule has 0 radical (unpaired) electrons. The number of likely N-dealkylation sites (tertiary alicyclic amines) is 2. The highest BCUT2D eigenvalue weighted by atomic mass is 16.5. The van der Waals surface area contributed by atoms with Crippen LogP contribution in [0, 0.1) is 0 Å². The number of carbonyl (C=O) groups excluding carboxylic acids is 2. The minimum absolute atomic E-state index is 0.0306. The minimum atomic E-state index is -0.128. The van der Waals surface area contributed by atoms with Gasteiger partial charge in [-0.3, -0.25) is 9.59 Å². The fourth-order valence-corrected chi connectivity index (χ4v) is 3.19. The third-order valence-corrected chi connectivity index (χ3v) is 4.29. The lowest BCUT2D eigenvalue weighted by Crippen LogP contribution is -2.62. The van der Waals surface area contributed by atoms with E-state index in [1.165, 1.54) is 7.11 Å². The van der Waals surface area contributed by atoms with Gasteiger partial charge in [0.15, 0.2) is 0 Å².